The summed E-state index contributed by atoms with van der Waals surface area (Å²) < 4.78 is 15.0. The highest BCUT2D eigenvalue weighted by molar-refractivity contribution is 5.61. The number of nitrogens with zero attached hydrogens (tertiary/aromatic N) is 3. The number of hydrogen-bond donors (Lipinski definition) is 1. The number of benzene rings is 2. The number of aromatic nitrogens is 3. The number of rotatable bonds is 4. The second-order valence-corrected chi connectivity index (χ2v) is 4.70. The Kier molecular flexibility index (Phi) is 3.75. The minimum absolute atomic E-state index is 0.187. The van der Waals surface area contributed by atoms with Crippen LogP contribution in [0.4, 0.5) is 4.39 Å². The van der Waals surface area contributed by atoms with Gasteiger partial charge in [-0.3, -0.25) is 0 Å². The van der Waals surface area contributed by atoms with Crippen molar-refractivity contribution in [1.82, 2.24) is 15.0 Å². The van der Waals surface area contributed by atoms with Gasteiger partial charge < -0.3 is 5.11 Å². The van der Waals surface area contributed by atoms with E-state index in [4.69, 9.17) is 0 Å². The molecule has 0 saturated heterocycles. The lowest BCUT2D eigenvalue weighted by Gasteiger charge is -2.08. The predicted molar refractivity (Wildman–Crippen MR) is 76.9 cm³/mol. The molecule has 21 heavy (non-hydrogen) atoms. The van der Waals surface area contributed by atoms with Crippen molar-refractivity contribution in [3.8, 4) is 11.3 Å². The van der Waals surface area contributed by atoms with E-state index in [0.29, 0.717) is 12.2 Å². The molecule has 4 nitrogen and oxygen atoms in total. The van der Waals surface area contributed by atoms with E-state index < -0.39 is 0 Å². The topological polar surface area (TPSA) is 50.9 Å². The first kappa shape index (κ1) is 13.5. The van der Waals surface area contributed by atoms with Gasteiger partial charge >= 0.3 is 0 Å². The van der Waals surface area contributed by atoms with Crippen molar-refractivity contribution in [2.75, 3.05) is 0 Å². The summed E-state index contributed by atoms with van der Waals surface area (Å²) in [5, 5.41) is 17.5. The molecular weight excluding hydrogens is 269 g/mol. The van der Waals surface area contributed by atoms with Gasteiger partial charge in [0.2, 0.25) is 0 Å². The van der Waals surface area contributed by atoms with Gasteiger partial charge in [0.05, 0.1) is 18.8 Å². The second kappa shape index (κ2) is 5.85. The fourth-order valence-electron chi connectivity index (χ4n) is 2.29. The Balaban J connectivity index is 2.02. The summed E-state index contributed by atoms with van der Waals surface area (Å²) in [7, 11) is 0. The minimum Gasteiger partial charge on any atom is -0.390 e. The molecule has 0 aliphatic rings. The highest BCUT2D eigenvalue weighted by Gasteiger charge is 2.14. The van der Waals surface area contributed by atoms with E-state index in [0.717, 1.165) is 16.8 Å². The van der Waals surface area contributed by atoms with Crippen LogP contribution in [0.2, 0.25) is 0 Å². The van der Waals surface area contributed by atoms with Gasteiger partial charge in [-0.05, 0) is 17.7 Å². The summed E-state index contributed by atoms with van der Waals surface area (Å²) >= 11 is 0. The number of aliphatic hydroxyl groups is 1. The molecule has 2 aromatic carbocycles. The number of aliphatic hydroxyl groups excluding tert-OH is 1. The van der Waals surface area contributed by atoms with Crippen molar-refractivity contribution < 1.29 is 9.50 Å². The van der Waals surface area contributed by atoms with Crippen LogP contribution in [0, 0.1) is 5.82 Å². The molecule has 0 radical (unpaired) electrons. The average Bonchev–Trinajstić information content (AvgIpc) is 2.91. The smallest absolute Gasteiger partial charge is 0.123 e. The Morgan fingerprint density at radius 3 is 2.57 bits per heavy atom. The van der Waals surface area contributed by atoms with Gasteiger partial charge in [-0.1, -0.05) is 47.7 Å². The molecule has 3 rings (SSSR count). The molecule has 106 valence electrons. The van der Waals surface area contributed by atoms with Crippen molar-refractivity contribution in [3.05, 3.63) is 71.7 Å². The highest BCUT2D eigenvalue weighted by Crippen LogP contribution is 2.23. The summed E-state index contributed by atoms with van der Waals surface area (Å²) in [6, 6.07) is 16.0. The van der Waals surface area contributed by atoms with Crippen molar-refractivity contribution >= 4 is 0 Å². The lowest BCUT2D eigenvalue weighted by atomic mass is 10.1. The van der Waals surface area contributed by atoms with Crippen LogP contribution < -0.4 is 0 Å². The molecule has 0 saturated carbocycles. The zero-order valence-corrected chi connectivity index (χ0v) is 11.3. The number of halogens is 1. The summed E-state index contributed by atoms with van der Waals surface area (Å²) in [6.07, 6.45) is 0. The third kappa shape index (κ3) is 2.83. The van der Waals surface area contributed by atoms with Gasteiger partial charge in [0.1, 0.15) is 11.5 Å². The molecule has 1 N–H and O–H groups in total. The maximum atomic E-state index is 13.3. The van der Waals surface area contributed by atoms with Crippen molar-refractivity contribution in [3.63, 3.8) is 0 Å². The molecule has 5 heteroatoms. The van der Waals surface area contributed by atoms with Crippen LogP contribution in [-0.2, 0) is 13.2 Å². The molecule has 0 aliphatic carbocycles. The minimum atomic E-state index is -0.281. The Hall–Kier alpha value is -2.53. The largest absolute Gasteiger partial charge is 0.390 e. The maximum absolute atomic E-state index is 13.3. The standard InChI is InChI=1S/C16H14FN3O/c17-14-8-4-5-12(9-14)10-20-16(15(11-21)18-19-20)13-6-2-1-3-7-13/h1-9,21H,10-11H2. The van der Waals surface area contributed by atoms with E-state index in [2.05, 4.69) is 10.3 Å². The summed E-state index contributed by atoms with van der Waals surface area (Å²) in [5.41, 5.74) is 2.98. The molecule has 0 unspecified atom stereocenters. The van der Waals surface area contributed by atoms with Gasteiger partial charge in [0.25, 0.3) is 0 Å². The molecule has 0 amide bonds. The first-order valence-corrected chi connectivity index (χ1v) is 6.61. The van der Waals surface area contributed by atoms with E-state index >= 15 is 0 Å². The normalized spacial score (nSPS) is 10.8. The fourth-order valence-corrected chi connectivity index (χ4v) is 2.29. The second-order valence-electron chi connectivity index (χ2n) is 4.70. The molecule has 0 bridgehead atoms. The van der Waals surface area contributed by atoms with Crippen LogP contribution in [0.5, 0.6) is 0 Å². The summed E-state index contributed by atoms with van der Waals surface area (Å²) in [4.78, 5) is 0. The van der Waals surface area contributed by atoms with E-state index in [-0.39, 0.29) is 12.4 Å². The third-order valence-electron chi connectivity index (χ3n) is 3.22. The Morgan fingerprint density at radius 2 is 1.86 bits per heavy atom. The molecule has 0 fully saturated rings. The fraction of sp³-hybridized carbons (Fsp3) is 0.125. The van der Waals surface area contributed by atoms with Gasteiger partial charge in [0.15, 0.2) is 0 Å². The first-order chi connectivity index (χ1) is 10.3. The molecule has 1 heterocycles. The molecule has 1 aromatic heterocycles. The third-order valence-corrected chi connectivity index (χ3v) is 3.22. The lowest BCUT2D eigenvalue weighted by Crippen LogP contribution is -2.05. The lowest BCUT2D eigenvalue weighted by molar-refractivity contribution is 0.277. The quantitative estimate of drug-likeness (QED) is 0.800. The molecule has 0 atom stereocenters. The van der Waals surface area contributed by atoms with E-state index in [1.54, 1.807) is 10.7 Å². The first-order valence-electron chi connectivity index (χ1n) is 6.61. The highest BCUT2D eigenvalue weighted by atomic mass is 19.1. The number of hydrogen-bond acceptors (Lipinski definition) is 3. The van der Waals surface area contributed by atoms with Crippen LogP contribution in [-0.4, -0.2) is 20.1 Å². The van der Waals surface area contributed by atoms with Crippen LogP contribution >= 0.6 is 0 Å². The van der Waals surface area contributed by atoms with Crippen molar-refractivity contribution in [2.24, 2.45) is 0 Å². The van der Waals surface area contributed by atoms with Crippen LogP contribution in [0.15, 0.2) is 54.6 Å². The van der Waals surface area contributed by atoms with Gasteiger partial charge in [-0.2, -0.15) is 0 Å². The maximum Gasteiger partial charge on any atom is 0.123 e. The summed E-state index contributed by atoms with van der Waals surface area (Å²) in [5.74, 6) is -0.281. The Labute approximate surface area is 121 Å². The van der Waals surface area contributed by atoms with E-state index in [9.17, 15) is 9.50 Å². The van der Waals surface area contributed by atoms with Gasteiger partial charge in [-0.25, -0.2) is 9.07 Å². The zero-order valence-electron chi connectivity index (χ0n) is 11.3. The van der Waals surface area contributed by atoms with Crippen molar-refractivity contribution in [1.29, 1.82) is 0 Å². The Bertz CT molecular complexity index is 740. The van der Waals surface area contributed by atoms with Crippen molar-refractivity contribution in [2.45, 2.75) is 13.2 Å². The van der Waals surface area contributed by atoms with Crippen LogP contribution in [0.1, 0.15) is 11.3 Å². The SMILES string of the molecule is OCc1nnn(Cc2cccc(F)c2)c1-c1ccccc1. The zero-order chi connectivity index (χ0) is 14.7. The monoisotopic (exact) mass is 283 g/mol. The Morgan fingerprint density at radius 1 is 1.05 bits per heavy atom. The summed E-state index contributed by atoms with van der Waals surface area (Å²) in [6.45, 7) is 0.211. The van der Waals surface area contributed by atoms with Crippen LogP contribution in [0.25, 0.3) is 11.3 Å². The van der Waals surface area contributed by atoms with Crippen LogP contribution in [0.3, 0.4) is 0 Å². The van der Waals surface area contributed by atoms with E-state index in [1.807, 2.05) is 36.4 Å². The molecule has 0 spiro atoms. The van der Waals surface area contributed by atoms with E-state index in [1.165, 1.54) is 12.1 Å². The van der Waals surface area contributed by atoms with Gasteiger partial charge in [0, 0.05) is 5.56 Å². The molecule has 3 aromatic rings. The molecular formula is C16H14FN3O. The van der Waals surface area contributed by atoms with Gasteiger partial charge in [-0.15, -0.1) is 5.10 Å². The average molecular weight is 283 g/mol. The predicted octanol–water partition coefficient (Wildman–Crippen LogP) is 2.62. The molecule has 0 aliphatic heterocycles.